The maximum atomic E-state index is 9.35. The Balaban J connectivity index is 2.50. The smallest absolute Gasteiger partial charge is 0.218 e. The van der Waals surface area contributed by atoms with Gasteiger partial charge in [0.15, 0.2) is 0 Å². The number of aliphatic hydroxyl groups is 1. The highest BCUT2D eigenvalue weighted by molar-refractivity contribution is 5.37. The molecular formula is C10H17N3O2. The monoisotopic (exact) mass is 211 g/mol. The molecule has 0 saturated carbocycles. The summed E-state index contributed by atoms with van der Waals surface area (Å²) < 4.78 is 5.23. The number of nitrogens with one attached hydrogen (secondary N) is 1. The van der Waals surface area contributed by atoms with Gasteiger partial charge in [0.25, 0.3) is 0 Å². The van der Waals surface area contributed by atoms with E-state index in [1.54, 1.807) is 6.07 Å². The van der Waals surface area contributed by atoms with Crippen LogP contribution in [0.3, 0.4) is 0 Å². The molecule has 1 rings (SSSR count). The third kappa shape index (κ3) is 4.12. The molecule has 5 heteroatoms. The van der Waals surface area contributed by atoms with Crippen LogP contribution in [0.5, 0.6) is 5.88 Å². The van der Waals surface area contributed by atoms with Crippen LogP contribution in [0.2, 0.25) is 0 Å². The lowest BCUT2D eigenvalue weighted by Crippen LogP contribution is -2.18. The minimum atomic E-state index is -0.351. The van der Waals surface area contributed by atoms with Crippen molar-refractivity contribution in [1.82, 2.24) is 9.97 Å². The van der Waals surface area contributed by atoms with E-state index in [0.717, 1.165) is 6.42 Å². The molecule has 1 aromatic rings. The number of nitrogens with zero attached hydrogens (tertiary/aromatic N) is 2. The number of aromatic nitrogens is 2. The molecule has 15 heavy (non-hydrogen) atoms. The SMILES string of the molecule is CCOc1cc(NCC(O)CC)ncn1. The molecule has 5 nitrogen and oxygen atoms in total. The molecule has 0 spiro atoms. The molecule has 0 saturated heterocycles. The molecule has 1 unspecified atom stereocenters. The van der Waals surface area contributed by atoms with E-state index in [1.165, 1.54) is 6.33 Å². The Kier molecular flexibility index (Phi) is 4.83. The summed E-state index contributed by atoms with van der Waals surface area (Å²) in [6.07, 6.45) is 1.80. The largest absolute Gasteiger partial charge is 0.478 e. The second-order valence-corrected chi connectivity index (χ2v) is 3.12. The van der Waals surface area contributed by atoms with Crippen molar-refractivity contribution in [3.05, 3.63) is 12.4 Å². The molecule has 1 atom stereocenters. The average Bonchev–Trinajstić information content (AvgIpc) is 2.27. The van der Waals surface area contributed by atoms with Crippen molar-refractivity contribution in [2.45, 2.75) is 26.4 Å². The molecule has 2 N–H and O–H groups in total. The molecule has 0 aliphatic rings. The average molecular weight is 211 g/mol. The highest BCUT2D eigenvalue weighted by atomic mass is 16.5. The number of hydrogen-bond donors (Lipinski definition) is 2. The van der Waals surface area contributed by atoms with E-state index in [1.807, 2.05) is 13.8 Å². The Hall–Kier alpha value is -1.36. The molecular weight excluding hydrogens is 194 g/mol. The molecule has 0 aliphatic heterocycles. The molecule has 0 aliphatic carbocycles. The second kappa shape index (κ2) is 6.19. The first-order chi connectivity index (χ1) is 7.26. The lowest BCUT2D eigenvalue weighted by atomic mass is 10.3. The van der Waals surface area contributed by atoms with Crippen molar-refractivity contribution < 1.29 is 9.84 Å². The van der Waals surface area contributed by atoms with Crippen LogP contribution in [-0.2, 0) is 0 Å². The zero-order valence-corrected chi connectivity index (χ0v) is 9.10. The van der Waals surface area contributed by atoms with Gasteiger partial charge in [0, 0.05) is 12.6 Å². The Labute approximate surface area is 89.5 Å². The highest BCUT2D eigenvalue weighted by Crippen LogP contribution is 2.10. The molecule has 0 radical (unpaired) electrons. The van der Waals surface area contributed by atoms with Crippen LogP contribution in [0.1, 0.15) is 20.3 Å². The van der Waals surface area contributed by atoms with Gasteiger partial charge in [-0.15, -0.1) is 0 Å². The van der Waals surface area contributed by atoms with Gasteiger partial charge in [0.1, 0.15) is 12.1 Å². The van der Waals surface area contributed by atoms with Crippen LogP contribution in [-0.4, -0.2) is 34.3 Å². The fourth-order valence-corrected chi connectivity index (χ4v) is 1.03. The van der Waals surface area contributed by atoms with Crippen LogP contribution >= 0.6 is 0 Å². The van der Waals surface area contributed by atoms with E-state index in [0.29, 0.717) is 24.8 Å². The van der Waals surface area contributed by atoms with Crippen molar-refractivity contribution in [1.29, 1.82) is 0 Å². The van der Waals surface area contributed by atoms with Gasteiger partial charge in [-0.25, -0.2) is 9.97 Å². The number of hydrogen-bond acceptors (Lipinski definition) is 5. The van der Waals surface area contributed by atoms with Crippen LogP contribution in [0, 0.1) is 0 Å². The first kappa shape index (κ1) is 11.7. The van der Waals surface area contributed by atoms with Crippen LogP contribution < -0.4 is 10.1 Å². The topological polar surface area (TPSA) is 67.3 Å². The van der Waals surface area contributed by atoms with E-state index >= 15 is 0 Å². The first-order valence-electron chi connectivity index (χ1n) is 5.13. The molecule has 0 fully saturated rings. The van der Waals surface area contributed by atoms with Crippen LogP contribution in [0.25, 0.3) is 0 Å². The zero-order valence-electron chi connectivity index (χ0n) is 9.10. The second-order valence-electron chi connectivity index (χ2n) is 3.12. The van der Waals surface area contributed by atoms with Crippen molar-refractivity contribution in [2.24, 2.45) is 0 Å². The zero-order chi connectivity index (χ0) is 11.1. The van der Waals surface area contributed by atoms with Gasteiger partial charge in [-0.05, 0) is 13.3 Å². The van der Waals surface area contributed by atoms with Crippen molar-refractivity contribution >= 4 is 5.82 Å². The first-order valence-corrected chi connectivity index (χ1v) is 5.13. The van der Waals surface area contributed by atoms with E-state index in [9.17, 15) is 5.11 Å². The predicted octanol–water partition coefficient (Wildman–Crippen LogP) is 1.06. The summed E-state index contributed by atoms with van der Waals surface area (Å²) in [5.41, 5.74) is 0. The van der Waals surface area contributed by atoms with E-state index in [2.05, 4.69) is 15.3 Å². The number of aliphatic hydroxyl groups excluding tert-OH is 1. The summed E-state index contributed by atoms with van der Waals surface area (Å²) in [4.78, 5) is 7.96. The Bertz CT molecular complexity index is 294. The molecule has 0 aromatic carbocycles. The van der Waals surface area contributed by atoms with Gasteiger partial charge in [0.05, 0.1) is 12.7 Å². The Morgan fingerprint density at radius 2 is 2.27 bits per heavy atom. The maximum absolute atomic E-state index is 9.35. The summed E-state index contributed by atoms with van der Waals surface area (Å²) in [6.45, 7) is 4.89. The van der Waals surface area contributed by atoms with Gasteiger partial charge >= 0.3 is 0 Å². The molecule has 84 valence electrons. The normalized spacial score (nSPS) is 12.2. The molecule has 1 heterocycles. The minimum absolute atomic E-state index is 0.351. The lowest BCUT2D eigenvalue weighted by molar-refractivity contribution is 0.183. The summed E-state index contributed by atoms with van der Waals surface area (Å²) in [7, 11) is 0. The Morgan fingerprint density at radius 3 is 2.93 bits per heavy atom. The van der Waals surface area contributed by atoms with Crippen molar-refractivity contribution in [3.8, 4) is 5.88 Å². The van der Waals surface area contributed by atoms with Crippen LogP contribution in [0.15, 0.2) is 12.4 Å². The van der Waals surface area contributed by atoms with Gasteiger partial charge < -0.3 is 15.2 Å². The number of rotatable bonds is 6. The number of anilines is 1. The summed E-state index contributed by atoms with van der Waals surface area (Å²) in [5.74, 6) is 1.21. The molecule has 1 aromatic heterocycles. The quantitative estimate of drug-likeness (QED) is 0.736. The minimum Gasteiger partial charge on any atom is -0.478 e. The molecule has 0 amide bonds. The van der Waals surface area contributed by atoms with E-state index in [-0.39, 0.29) is 6.10 Å². The number of ether oxygens (including phenoxy) is 1. The van der Waals surface area contributed by atoms with E-state index < -0.39 is 0 Å². The third-order valence-electron chi connectivity index (χ3n) is 1.92. The fourth-order valence-electron chi connectivity index (χ4n) is 1.03. The predicted molar refractivity (Wildman–Crippen MR) is 58.0 cm³/mol. The van der Waals surface area contributed by atoms with Gasteiger partial charge in [0.2, 0.25) is 5.88 Å². The van der Waals surface area contributed by atoms with Crippen molar-refractivity contribution in [3.63, 3.8) is 0 Å². The Morgan fingerprint density at radius 1 is 1.47 bits per heavy atom. The highest BCUT2D eigenvalue weighted by Gasteiger charge is 2.02. The summed E-state index contributed by atoms with van der Waals surface area (Å²) in [5, 5.41) is 12.4. The van der Waals surface area contributed by atoms with Gasteiger partial charge in [-0.3, -0.25) is 0 Å². The molecule has 0 bridgehead atoms. The standard InChI is InChI=1S/C10H17N3O2/c1-3-8(14)6-11-9-5-10(15-4-2)13-7-12-9/h5,7-8,14H,3-4,6H2,1-2H3,(H,11,12,13). The maximum Gasteiger partial charge on any atom is 0.218 e. The van der Waals surface area contributed by atoms with E-state index in [4.69, 9.17) is 4.74 Å². The van der Waals surface area contributed by atoms with Gasteiger partial charge in [-0.1, -0.05) is 6.92 Å². The fraction of sp³-hybridized carbons (Fsp3) is 0.600. The lowest BCUT2D eigenvalue weighted by Gasteiger charge is -2.10. The van der Waals surface area contributed by atoms with Crippen LogP contribution in [0.4, 0.5) is 5.82 Å². The van der Waals surface area contributed by atoms with Crippen molar-refractivity contribution in [2.75, 3.05) is 18.5 Å². The third-order valence-corrected chi connectivity index (χ3v) is 1.92. The van der Waals surface area contributed by atoms with Gasteiger partial charge in [-0.2, -0.15) is 0 Å². The summed E-state index contributed by atoms with van der Waals surface area (Å²) >= 11 is 0. The summed E-state index contributed by atoms with van der Waals surface area (Å²) in [6, 6.07) is 1.71.